The topological polar surface area (TPSA) is 73.9 Å². The number of benzene rings is 2. The molecule has 0 bridgehead atoms. The van der Waals surface area contributed by atoms with Crippen molar-refractivity contribution in [2.75, 3.05) is 0 Å². The molecular formula is C19H11FN2O2. The highest BCUT2D eigenvalue weighted by Crippen LogP contribution is 2.15. The summed E-state index contributed by atoms with van der Waals surface area (Å²) in [5.74, 6) is -0.589. The second-order valence-electron chi connectivity index (χ2n) is 4.66. The fourth-order valence-electron chi connectivity index (χ4n) is 1.78. The standard InChI is InChI=1S/C19H11FN2O2/c20-17-6-1-14(2-7-17)5-10-19(23)24-18-8-3-15(4-9-18)11-16(12-21)13-22/h1-11H/b10-5+. The molecule has 0 fully saturated rings. The first kappa shape index (κ1) is 16.7. The van der Waals surface area contributed by atoms with Crippen molar-refractivity contribution in [1.82, 2.24) is 0 Å². The Morgan fingerprint density at radius 3 is 2.12 bits per heavy atom. The highest BCUT2D eigenvalue weighted by atomic mass is 19.1. The number of hydrogen-bond donors (Lipinski definition) is 0. The maximum absolute atomic E-state index is 12.8. The van der Waals surface area contributed by atoms with Crippen molar-refractivity contribution in [1.29, 1.82) is 10.5 Å². The van der Waals surface area contributed by atoms with Crippen molar-refractivity contribution < 1.29 is 13.9 Å². The lowest BCUT2D eigenvalue weighted by atomic mass is 10.1. The molecule has 2 rings (SSSR count). The van der Waals surface area contributed by atoms with E-state index in [0.717, 1.165) is 0 Å². The molecule has 0 amide bonds. The normalized spacial score (nSPS) is 9.79. The molecule has 0 atom stereocenters. The molecule has 2 aromatic rings. The maximum Gasteiger partial charge on any atom is 0.336 e. The van der Waals surface area contributed by atoms with Gasteiger partial charge in [0.25, 0.3) is 0 Å². The molecule has 0 saturated carbocycles. The van der Waals surface area contributed by atoms with Gasteiger partial charge in [-0.05, 0) is 47.5 Å². The minimum atomic E-state index is -0.572. The van der Waals surface area contributed by atoms with Crippen LogP contribution in [-0.2, 0) is 4.79 Å². The lowest BCUT2D eigenvalue weighted by Gasteiger charge is -2.01. The van der Waals surface area contributed by atoms with E-state index in [-0.39, 0.29) is 11.4 Å². The van der Waals surface area contributed by atoms with Gasteiger partial charge in [-0.15, -0.1) is 0 Å². The smallest absolute Gasteiger partial charge is 0.336 e. The van der Waals surface area contributed by atoms with Crippen molar-refractivity contribution in [2.24, 2.45) is 0 Å². The Balaban J connectivity index is 2.00. The number of ether oxygens (including phenoxy) is 1. The van der Waals surface area contributed by atoms with Gasteiger partial charge in [-0.3, -0.25) is 0 Å². The summed E-state index contributed by atoms with van der Waals surface area (Å²) in [5.41, 5.74) is 1.31. The zero-order chi connectivity index (χ0) is 17.4. The lowest BCUT2D eigenvalue weighted by molar-refractivity contribution is -0.128. The van der Waals surface area contributed by atoms with Crippen molar-refractivity contribution in [3.8, 4) is 17.9 Å². The fourth-order valence-corrected chi connectivity index (χ4v) is 1.78. The summed E-state index contributed by atoms with van der Waals surface area (Å²) in [7, 11) is 0. The average Bonchev–Trinajstić information content (AvgIpc) is 2.60. The maximum atomic E-state index is 12.8. The highest BCUT2D eigenvalue weighted by molar-refractivity contribution is 5.88. The quantitative estimate of drug-likeness (QED) is 0.371. The zero-order valence-electron chi connectivity index (χ0n) is 12.4. The molecule has 0 N–H and O–H groups in total. The summed E-state index contributed by atoms with van der Waals surface area (Å²) >= 11 is 0. The van der Waals surface area contributed by atoms with Crippen LogP contribution in [0.15, 0.2) is 60.2 Å². The van der Waals surface area contributed by atoms with Crippen LogP contribution in [0.4, 0.5) is 4.39 Å². The Morgan fingerprint density at radius 1 is 0.958 bits per heavy atom. The van der Waals surface area contributed by atoms with Crippen molar-refractivity contribution in [3.63, 3.8) is 0 Å². The number of hydrogen-bond acceptors (Lipinski definition) is 4. The van der Waals surface area contributed by atoms with Crippen molar-refractivity contribution in [3.05, 3.63) is 77.1 Å². The summed E-state index contributed by atoms with van der Waals surface area (Å²) in [6.07, 6.45) is 4.19. The molecule has 0 aliphatic rings. The molecular weight excluding hydrogens is 307 g/mol. The van der Waals surface area contributed by atoms with E-state index in [1.165, 1.54) is 30.4 Å². The second kappa shape index (κ2) is 8.07. The predicted octanol–water partition coefficient (Wildman–Crippen LogP) is 3.88. The summed E-state index contributed by atoms with van der Waals surface area (Å²) < 4.78 is 17.9. The summed E-state index contributed by atoms with van der Waals surface area (Å²) in [6.45, 7) is 0. The van der Waals surface area contributed by atoms with Gasteiger partial charge in [-0.1, -0.05) is 24.3 Å². The van der Waals surface area contributed by atoms with Gasteiger partial charge in [-0.2, -0.15) is 10.5 Å². The van der Waals surface area contributed by atoms with Gasteiger partial charge in [0.1, 0.15) is 29.3 Å². The largest absolute Gasteiger partial charge is 0.423 e. The van der Waals surface area contributed by atoms with Crippen LogP contribution in [0.1, 0.15) is 11.1 Å². The Bertz CT molecular complexity index is 852. The monoisotopic (exact) mass is 318 g/mol. The number of rotatable bonds is 4. The van der Waals surface area contributed by atoms with Crippen LogP contribution < -0.4 is 4.74 Å². The molecule has 4 nitrogen and oxygen atoms in total. The molecule has 0 radical (unpaired) electrons. The van der Waals surface area contributed by atoms with E-state index in [9.17, 15) is 9.18 Å². The SMILES string of the molecule is N#CC(C#N)=Cc1ccc(OC(=O)/C=C/c2ccc(F)cc2)cc1. The first-order valence-corrected chi connectivity index (χ1v) is 6.88. The number of allylic oxidation sites excluding steroid dienone is 1. The molecule has 5 heteroatoms. The third-order valence-electron chi connectivity index (χ3n) is 2.93. The van der Waals surface area contributed by atoms with Crippen LogP contribution >= 0.6 is 0 Å². The van der Waals surface area contributed by atoms with E-state index in [2.05, 4.69) is 0 Å². The molecule has 0 spiro atoms. The van der Waals surface area contributed by atoms with Crippen LogP contribution in [-0.4, -0.2) is 5.97 Å². The van der Waals surface area contributed by atoms with Gasteiger partial charge < -0.3 is 4.74 Å². The Morgan fingerprint density at radius 2 is 1.54 bits per heavy atom. The van der Waals surface area contributed by atoms with Gasteiger partial charge in [0.15, 0.2) is 0 Å². The van der Waals surface area contributed by atoms with Gasteiger partial charge in [0.2, 0.25) is 0 Å². The van der Waals surface area contributed by atoms with Crippen LogP contribution in [0.3, 0.4) is 0 Å². The molecule has 0 unspecified atom stereocenters. The molecule has 0 saturated heterocycles. The average molecular weight is 318 g/mol. The lowest BCUT2D eigenvalue weighted by Crippen LogP contribution is -2.03. The van der Waals surface area contributed by atoms with Crippen molar-refractivity contribution in [2.45, 2.75) is 0 Å². The number of nitrogens with zero attached hydrogens (tertiary/aromatic N) is 2. The number of esters is 1. The van der Waals surface area contributed by atoms with Gasteiger partial charge in [-0.25, -0.2) is 9.18 Å². The first-order valence-electron chi connectivity index (χ1n) is 6.88. The van der Waals surface area contributed by atoms with Crippen LogP contribution in [0, 0.1) is 28.5 Å². The van der Waals surface area contributed by atoms with Gasteiger partial charge >= 0.3 is 5.97 Å². The minimum absolute atomic E-state index is 0.0121. The Hall–Kier alpha value is -3.70. The molecule has 24 heavy (non-hydrogen) atoms. The van der Waals surface area contributed by atoms with E-state index in [1.807, 2.05) is 0 Å². The summed E-state index contributed by atoms with van der Waals surface area (Å²) in [4.78, 5) is 11.7. The molecule has 2 aromatic carbocycles. The van der Waals surface area contributed by atoms with E-state index in [0.29, 0.717) is 16.9 Å². The van der Waals surface area contributed by atoms with Crippen LogP contribution in [0.5, 0.6) is 5.75 Å². The number of halogens is 1. The zero-order valence-corrected chi connectivity index (χ0v) is 12.4. The third kappa shape index (κ3) is 4.94. The first-order chi connectivity index (χ1) is 11.6. The third-order valence-corrected chi connectivity index (χ3v) is 2.93. The van der Waals surface area contributed by atoms with Crippen molar-refractivity contribution >= 4 is 18.1 Å². The van der Waals surface area contributed by atoms with Crippen LogP contribution in [0.25, 0.3) is 12.2 Å². The molecule has 0 aliphatic carbocycles. The van der Waals surface area contributed by atoms with E-state index in [1.54, 1.807) is 48.5 Å². The Labute approximate surface area is 138 Å². The fraction of sp³-hybridized carbons (Fsp3) is 0. The molecule has 116 valence electrons. The molecule has 0 aromatic heterocycles. The molecule has 0 heterocycles. The van der Waals surface area contributed by atoms with E-state index >= 15 is 0 Å². The number of carbonyl (C=O) groups excluding carboxylic acids is 1. The number of carbonyl (C=O) groups is 1. The van der Waals surface area contributed by atoms with Gasteiger partial charge in [0, 0.05) is 6.08 Å². The summed E-state index contributed by atoms with van der Waals surface area (Å²) in [5, 5.41) is 17.4. The predicted molar refractivity (Wildman–Crippen MR) is 86.7 cm³/mol. The van der Waals surface area contributed by atoms with Gasteiger partial charge in [0.05, 0.1) is 0 Å². The summed E-state index contributed by atoms with van der Waals surface area (Å²) in [6, 6.07) is 15.6. The minimum Gasteiger partial charge on any atom is -0.423 e. The number of nitriles is 2. The van der Waals surface area contributed by atoms with E-state index < -0.39 is 5.97 Å². The Kier molecular flexibility index (Phi) is 5.60. The molecule has 0 aliphatic heterocycles. The highest BCUT2D eigenvalue weighted by Gasteiger charge is 2.01. The second-order valence-corrected chi connectivity index (χ2v) is 4.66. The van der Waals surface area contributed by atoms with E-state index in [4.69, 9.17) is 15.3 Å². The van der Waals surface area contributed by atoms with Crippen LogP contribution in [0.2, 0.25) is 0 Å².